The second-order valence-electron chi connectivity index (χ2n) is 8.92. The fraction of sp³-hybridized carbons (Fsp3) is 0.950. The third-order valence-corrected chi connectivity index (χ3v) is 5.62. The largest absolute Gasteiger partial charge is 0.392 e. The van der Waals surface area contributed by atoms with Crippen molar-refractivity contribution in [3.05, 3.63) is 0 Å². The lowest BCUT2D eigenvalue weighted by atomic mass is 9.91. The highest BCUT2D eigenvalue weighted by Gasteiger charge is 2.42. The van der Waals surface area contributed by atoms with Gasteiger partial charge in [0.25, 0.3) is 0 Å². The topological polar surface area (TPSA) is 79.0 Å². The number of likely N-dealkylation sites (tertiary alicyclic amines) is 1. The molecule has 6 heteroatoms. The number of rotatable bonds is 10. The minimum Gasteiger partial charge on any atom is -0.392 e. The molecule has 3 N–H and O–H groups in total. The van der Waals surface area contributed by atoms with E-state index < -0.39 is 11.7 Å². The number of nitrogens with two attached hydrogens (primary N) is 1. The Bertz CT molecular complexity index is 452. The Morgan fingerprint density at radius 1 is 1.27 bits per heavy atom. The molecular formula is C20H41N3O3. The highest BCUT2D eigenvalue weighted by molar-refractivity contribution is 5.78. The highest BCUT2D eigenvalue weighted by atomic mass is 16.5. The summed E-state index contributed by atoms with van der Waals surface area (Å²) < 4.78 is 6.62. The van der Waals surface area contributed by atoms with Gasteiger partial charge in [-0.3, -0.25) is 9.69 Å². The van der Waals surface area contributed by atoms with E-state index in [1.807, 2.05) is 25.8 Å². The zero-order chi connectivity index (χ0) is 20.2. The van der Waals surface area contributed by atoms with E-state index in [0.717, 1.165) is 13.0 Å². The molecule has 5 atom stereocenters. The SMILES string of the molecule is CC(N)CC(N1CCCC1=O)C(C)(C)OC(C(C)C)N(C)C(C)C(C)O. The van der Waals surface area contributed by atoms with Crippen LogP contribution in [0.4, 0.5) is 0 Å². The van der Waals surface area contributed by atoms with Gasteiger partial charge in [0.1, 0.15) is 6.23 Å². The number of likely N-dealkylation sites (N-methyl/N-ethyl adjacent to an activating group) is 1. The Morgan fingerprint density at radius 2 is 1.85 bits per heavy atom. The summed E-state index contributed by atoms with van der Waals surface area (Å²) in [5.41, 5.74) is 5.56. The molecule has 154 valence electrons. The molecule has 0 aromatic heterocycles. The van der Waals surface area contributed by atoms with Crippen molar-refractivity contribution >= 4 is 5.91 Å². The molecule has 1 fully saturated rings. The van der Waals surface area contributed by atoms with Crippen LogP contribution in [0.2, 0.25) is 0 Å². The summed E-state index contributed by atoms with van der Waals surface area (Å²) in [5, 5.41) is 9.99. The van der Waals surface area contributed by atoms with Crippen LogP contribution in [0.5, 0.6) is 0 Å². The van der Waals surface area contributed by atoms with Crippen molar-refractivity contribution in [2.24, 2.45) is 11.7 Å². The molecule has 1 aliphatic heterocycles. The average Bonchev–Trinajstić information content (AvgIpc) is 2.93. The van der Waals surface area contributed by atoms with Crippen molar-refractivity contribution in [1.29, 1.82) is 0 Å². The van der Waals surface area contributed by atoms with Gasteiger partial charge in [-0.2, -0.15) is 0 Å². The van der Waals surface area contributed by atoms with Gasteiger partial charge in [0.15, 0.2) is 0 Å². The van der Waals surface area contributed by atoms with Crippen LogP contribution in [-0.4, -0.2) is 70.5 Å². The molecule has 6 nitrogen and oxygen atoms in total. The molecule has 0 bridgehead atoms. The van der Waals surface area contributed by atoms with Crippen LogP contribution < -0.4 is 5.73 Å². The predicted octanol–water partition coefficient (Wildman–Crippen LogP) is 2.19. The zero-order valence-electron chi connectivity index (χ0n) is 18.0. The summed E-state index contributed by atoms with van der Waals surface area (Å²) in [7, 11) is 1.99. The number of ether oxygens (including phenoxy) is 1. The molecule has 0 spiro atoms. The molecule has 1 rings (SSSR count). The molecule has 0 aromatic carbocycles. The number of carbonyl (C=O) groups is 1. The van der Waals surface area contributed by atoms with E-state index in [0.29, 0.717) is 12.8 Å². The number of hydrogen-bond acceptors (Lipinski definition) is 5. The zero-order valence-corrected chi connectivity index (χ0v) is 18.0. The Kier molecular flexibility index (Phi) is 8.52. The van der Waals surface area contributed by atoms with Gasteiger partial charge in [-0.05, 0) is 60.4 Å². The lowest BCUT2D eigenvalue weighted by Crippen LogP contribution is -2.58. The van der Waals surface area contributed by atoms with Crippen molar-refractivity contribution in [2.75, 3.05) is 13.6 Å². The summed E-state index contributed by atoms with van der Waals surface area (Å²) in [6.07, 6.45) is 1.60. The quantitative estimate of drug-likeness (QED) is 0.576. The second-order valence-corrected chi connectivity index (χ2v) is 8.92. The molecule has 5 unspecified atom stereocenters. The van der Waals surface area contributed by atoms with E-state index in [1.165, 1.54) is 0 Å². The molecule has 0 saturated carbocycles. The van der Waals surface area contributed by atoms with Crippen molar-refractivity contribution in [3.8, 4) is 0 Å². The van der Waals surface area contributed by atoms with E-state index in [4.69, 9.17) is 10.5 Å². The summed E-state index contributed by atoms with van der Waals surface area (Å²) in [4.78, 5) is 16.4. The number of hydrogen-bond donors (Lipinski definition) is 2. The number of aliphatic hydroxyl groups excluding tert-OH is 1. The molecule has 0 radical (unpaired) electrons. The Balaban J connectivity index is 3.05. The van der Waals surface area contributed by atoms with E-state index in [-0.39, 0.29) is 36.2 Å². The lowest BCUT2D eigenvalue weighted by molar-refractivity contribution is -0.193. The minimum atomic E-state index is -0.546. The average molecular weight is 372 g/mol. The normalized spacial score (nSPS) is 22.0. The van der Waals surface area contributed by atoms with Gasteiger partial charge in [0.2, 0.25) is 5.91 Å². The summed E-state index contributed by atoms with van der Waals surface area (Å²) >= 11 is 0. The van der Waals surface area contributed by atoms with Crippen molar-refractivity contribution < 1.29 is 14.6 Å². The first-order valence-electron chi connectivity index (χ1n) is 10.0. The van der Waals surface area contributed by atoms with Gasteiger partial charge < -0.3 is 20.5 Å². The van der Waals surface area contributed by atoms with Crippen molar-refractivity contribution in [2.45, 2.75) is 104 Å². The van der Waals surface area contributed by atoms with Crippen LogP contribution in [0.15, 0.2) is 0 Å². The lowest BCUT2D eigenvalue weighted by Gasteiger charge is -2.46. The predicted molar refractivity (Wildman–Crippen MR) is 106 cm³/mol. The molecular weight excluding hydrogens is 330 g/mol. The standard InChI is InChI=1S/C20H41N3O3/c1-13(2)19(22(8)15(4)16(5)24)26-20(6,7)17(12-14(3)21)23-11-9-10-18(23)25/h13-17,19,24H,9-12,21H2,1-8H3. The highest BCUT2D eigenvalue weighted by Crippen LogP contribution is 2.31. The second kappa shape index (κ2) is 9.49. The van der Waals surface area contributed by atoms with Gasteiger partial charge >= 0.3 is 0 Å². The maximum absolute atomic E-state index is 12.4. The third kappa shape index (κ3) is 5.91. The van der Waals surface area contributed by atoms with Crippen LogP contribution in [0, 0.1) is 5.92 Å². The maximum atomic E-state index is 12.4. The van der Waals surface area contributed by atoms with Gasteiger partial charge in [-0.1, -0.05) is 13.8 Å². The van der Waals surface area contributed by atoms with Crippen LogP contribution in [0.25, 0.3) is 0 Å². The van der Waals surface area contributed by atoms with Gasteiger partial charge in [-0.15, -0.1) is 0 Å². The van der Waals surface area contributed by atoms with Crippen LogP contribution in [0.3, 0.4) is 0 Å². The smallest absolute Gasteiger partial charge is 0.222 e. The monoisotopic (exact) mass is 371 g/mol. The number of nitrogens with zero attached hydrogens (tertiary/aromatic N) is 2. The number of amides is 1. The Labute approximate surface area is 160 Å². The fourth-order valence-electron chi connectivity index (χ4n) is 3.79. The molecule has 1 aliphatic rings. The summed E-state index contributed by atoms with van der Waals surface area (Å²) in [5.74, 6) is 0.435. The van der Waals surface area contributed by atoms with Crippen molar-refractivity contribution in [1.82, 2.24) is 9.80 Å². The van der Waals surface area contributed by atoms with Gasteiger partial charge in [0, 0.05) is 25.0 Å². The van der Waals surface area contributed by atoms with Crippen LogP contribution in [0.1, 0.15) is 67.7 Å². The van der Waals surface area contributed by atoms with E-state index in [1.54, 1.807) is 6.92 Å². The Hall–Kier alpha value is -0.690. The molecule has 26 heavy (non-hydrogen) atoms. The maximum Gasteiger partial charge on any atom is 0.222 e. The van der Waals surface area contributed by atoms with E-state index >= 15 is 0 Å². The van der Waals surface area contributed by atoms with Crippen LogP contribution in [-0.2, 0) is 9.53 Å². The number of carbonyl (C=O) groups excluding carboxylic acids is 1. The summed E-state index contributed by atoms with van der Waals surface area (Å²) in [6, 6.07) is -0.101. The third-order valence-electron chi connectivity index (χ3n) is 5.62. The minimum absolute atomic E-state index is 0.0112. The van der Waals surface area contributed by atoms with Gasteiger partial charge in [0.05, 0.1) is 17.7 Å². The van der Waals surface area contributed by atoms with Crippen molar-refractivity contribution in [3.63, 3.8) is 0 Å². The molecule has 0 aromatic rings. The number of aliphatic hydroxyl groups is 1. The first-order chi connectivity index (χ1) is 11.9. The molecule has 1 heterocycles. The summed E-state index contributed by atoms with van der Waals surface area (Å²) in [6.45, 7) is 14.9. The van der Waals surface area contributed by atoms with E-state index in [9.17, 15) is 9.90 Å². The van der Waals surface area contributed by atoms with Gasteiger partial charge in [-0.25, -0.2) is 0 Å². The molecule has 1 saturated heterocycles. The molecule has 0 aliphatic carbocycles. The van der Waals surface area contributed by atoms with E-state index in [2.05, 4.69) is 32.6 Å². The van der Waals surface area contributed by atoms with Crippen LogP contribution >= 0.6 is 0 Å². The first-order valence-corrected chi connectivity index (χ1v) is 10.0. The fourth-order valence-corrected chi connectivity index (χ4v) is 3.79. The molecule has 1 amide bonds. The first kappa shape index (κ1) is 23.3. The Morgan fingerprint density at radius 3 is 2.23 bits per heavy atom.